The first-order valence-corrected chi connectivity index (χ1v) is 4.03. The summed E-state index contributed by atoms with van der Waals surface area (Å²) in [5.74, 6) is 0.509. The van der Waals surface area contributed by atoms with Crippen molar-refractivity contribution in [2.45, 2.75) is 13.0 Å². The number of alkyl halides is 1. The first kappa shape index (κ1) is 7.75. The van der Waals surface area contributed by atoms with Crippen LogP contribution in [0.3, 0.4) is 0 Å². The van der Waals surface area contributed by atoms with Crippen molar-refractivity contribution in [3.8, 4) is 0 Å². The predicted molar refractivity (Wildman–Crippen MR) is 40.0 cm³/mol. The van der Waals surface area contributed by atoms with Crippen LogP contribution in [0.25, 0.3) is 0 Å². The average molecular weight is 206 g/mol. The van der Waals surface area contributed by atoms with Crippen LogP contribution in [0.2, 0.25) is 0 Å². The maximum Gasteiger partial charge on any atom is 0.166 e. The highest BCUT2D eigenvalue weighted by Crippen LogP contribution is 2.15. The minimum absolute atomic E-state index is 0.474. The highest BCUT2D eigenvalue weighted by molar-refractivity contribution is 9.09. The van der Waals surface area contributed by atoms with E-state index >= 15 is 0 Å². The van der Waals surface area contributed by atoms with Crippen molar-refractivity contribution in [1.82, 2.24) is 5.16 Å². The Balaban J connectivity index is 2.74. The molecule has 1 aromatic rings. The van der Waals surface area contributed by atoms with Crippen molar-refractivity contribution in [3.63, 3.8) is 0 Å². The largest absolute Gasteiger partial charge is 0.384 e. The lowest BCUT2D eigenvalue weighted by molar-refractivity contribution is 0.163. The summed E-state index contributed by atoms with van der Waals surface area (Å²) >= 11 is 3.12. The van der Waals surface area contributed by atoms with Gasteiger partial charge in [0.25, 0.3) is 0 Å². The molecule has 4 heteroatoms. The summed E-state index contributed by atoms with van der Waals surface area (Å²) in [6, 6.07) is 1.71. The van der Waals surface area contributed by atoms with Gasteiger partial charge in [-0.15, -0.1) is 0 Å². The Bertz CT molecular complexity index is 211. The van der Waals surface area contributed by atoms with E-state index in [0.717, 1.165) is 5.69 Å². The Kier molecular flexibility index (Phi) is 2.45. The van der Waals surface area contributed by atoms with Crippen molar-refractivity contribution in [2.75, 3.05) is 5.33 Å². The normalized spacial score (nSPS) is 13.5. The first-order chi connectivity index (χ1) is 4.74. The summed E-state index contributed by atoms with van der Waals surface area (Å²) in [5.41, 5.74) is 0.787. The molecule has 0 saturated carbocycles. The molecule has 10 heavy (non-hydrogen) atoms. The minimum atomic E-state index is -0.582. The van der Waals surface area contributed by atoms with Crippen LogP contribution in [0, 0.1) is 6.92 Å². The van der Waals surface area contributed by atoms with Crippen LogP contribution in [0.1, 0.15) is 17.6 Å². The standard InChI is InChI=1S/C6H8BrNO2/c1-4-2-6(10-8-4)5(9)3-7/h2,5,9H,3H2,1H3. The molecule has 0 aliphatic carbocycles. The Morgan fingerprint density at radius 2 is 2.60 bits per heavy atom. The van der Waals surface area contributed by atoms with Crippen LogP contribution in [0.5, 0.6) is 0 Å². The SMILES string of the molecule is Cc1cc(C(O)CBr)on1. The van der Waals surface area contributed by atoms with Crippen LogP contribution in [-0.2, 0) is 0 Å². The molecule has 0 bridgehead atoms. The van der Waals surface area contributed by atoms with E-state index in [4.69, 9.17) is 9.63 Å². The number of nitrogens with zero attached hydrogens (tertiary/aromatic N) is 1. The Morgan fingerprint density at radius 3 is 3.00 bits per heavy atom. The molecule has 0 aromatic carbocycles. The fourth-order valence-corrected chi connectivity index (χ4v) is 0.935. The third-order valence-corrected chi connectivity index (χ3v) is 1.73. The molecule has 1 atom stereocenters. The van der Waals surface area contributed by atoms with Crippen LogP contribution < -0.4 is 0 Å². The van der Waals surface area contributed by atoms with E-state index in [9.17, 15) is 0 Å². The van der Waals surface area contributed by atoms with E-state index in [1.54, 1.807) is 6.07 Å². The Hall–Kier alpha value is -0.350. The minimum Gasteiger partial charge on any atom is -0.384 e. The second-order valence-electron chi connectivity index (χ2n) is 2.04. The molecule has 0 spiro atoms. The summed E-state index contributed by atoms with van der Waals surface area (Å²) in [6.45, 7) is 1.81. The number of aliphatic hydroxyl groups is 1. The zero-order valence-electron chi connectivity index (χ0n) is 5.54. The molecule has 0 aliphatic heterocycles. The van der Waals surface area contributed by atoms with Gasteiger partial charge >= 0.3 is 0 Å². The quantitative estimate of drug-likeness (QED) is 0.744. The van der Waals surface area contributed by atoms with E-state index in [1.807, 2.05) is 6.92 Å². The highest BCUT2D eigenvalue weighted by Gasteiger charge is 2.09. The van der Waals surface area contributed by atoms with Gasteiger partial charge in [-0.2, -0.15) is 0 Å². The molecule has 0 amide bonds. The molecule has 1 unspecified atom stereocenters. The fourth-order valence-electron chi connectivity index (χ4n) is 0.616. The van der Waals surface area contributed by atoms with Gasteiger partial charge in [0.1, 0.15) is 6.10 Å². The molecular formula is C6H8BrNO2. The lowest BCUT2D eigenvalue weighted by Gasteiger charge is -1.97. The molecule has 1 N–H and O–H groups in total. The van der Waals surface area contributed by atoms with Gasteiger partial charge in [-0.3, -0.25) is 0 Å². The predicted octanol–water partition coefficient (Wildman–Crippen LogP) is 1.41. The maximum atomic E-state index is 9.16. The van der Waals surface area contributed by atoms with Crippen molar-refractivity contribution in [2.24, 2.45) is 0 Å². The summed E-state index contributed by atoms with van der Waals surface area (Å²) in [6.07, 6.45) is -0.582. The van der Waals surface area contributed by atoms with Crippen molar-refractivity contribution < 1.29 is 9.63 Å². The molecule has 1 heterocycles. The Labute approximate surface area is 67.2 Å². The van der Waals surface area contributed by atoms with Gasteiger partial charge < -0.3 is 9.63 Å². The molecule has 0 fully saturated rings. The molecule has 56 valence electrons. The summed E-state index contributed by atoms with van der Waals surface area (Å²) in [4.78, 5) is 0. The van der Waals surface area contributed by atoms with Gasteiger partial charge in [0, 0.05) is 11.4 Å². The van der Waals surface area contributed by atoms with Crippen molar-refractivity contribution in [1.29, 1.82) is 0 Å². The zero-order valence-corrected chi connectivity index (χ0v) is 7.13. The number of aryl methyl sites for hydroxylation is 1. The topological polar surface area (TPSA) is 46.3 Å². The second-order valence-corrected chi connectivity index (χ2v) is 2.69. The number of halogens is 1. The third kappa shape index (κ3) is 1.58. The number of aliphatic hydroxyl groups excluding tert-OH is 1. The molecule has 0 aliphatic rings. The average Bonchev–Trinajstić information content (AvgIpc) is 2.34. The van der Waals surface area contributed by atoms with Gasteiger partial charge in [-0.05, 0) is 6.92 Å². The Morgan fingerprint density at radius 1 is 1.90 bits per heavy atom. The smallest absolute Gasteiger partial charge is 0.166 e. The van der Waals surface area contributed by atoms with E-state index in [1.165, 1.54) is 0 Å². The van der Waals surface area contributed by atoms with Gasteiger partial charge in [0.2, 0.25) is 0 Å². The number of rotatable bonds is 2. The lowest BCUT2D eigenvalue weighted by atomic mass is 10.3. The van der Waals surface area contributed by atoms with Gasteiger partial charge in [-0.25, -0.2) is 0 Å². The van der Waals surface area contributed by atoms with Crippen molar-refractivity contribution >= 4 is 15.9 Å². The molecule has 3 nitrogen and oxygen atoms in total. The number of hydrogen-bond acceptors (Lipinski definition) is 3. The van der Waals surface area contributed by atoms with Crippen LogP contribution in [0.15, 0.2) is 10.6 Å². The summed E-state index contributed by atoms with van der Waals surface area (Å²) < 4.78 is 4.79. The molecule has 1 aromatic heterocycles. The van der Waals surface area contributed by atoms with Crippen LogP contribution in [0.4, 0.5) is 0 Å². The van der Waals surface area contributed by atoms with E-state index in [0.29, 0.717) is 11.1 Å². The summed E-state index contributed by atoms with van der Waals surface area (Å²) in [7, 11) is 0. The maximum absolute atomic E-state index is 9.16. The third-order valence-electron chi connectivity index (χ3n) is 1.12. The number of hydrogen-bond donors (Lipinski definition) is 1. The van der Waals surface area contributed by atoms with Crippen LogP contribution in [-0.4, -0.2) is 15.6 Å². The number of aromatic nitrogens is 1. The molecule has 0 saturated heterocycles. The highest BCUT2D eigenvalue weighted by atomic mass is 79.9. The van der Waals surface area contributed by atoms with Crippen molar-refractivity contribution in [3.05, 3.63) is 17.5 Å². The lowest BCUT2D eigenvalue weighted by Crippen LogP contribution is -1.94. The van der Waals surface area contributed by atoms with Crippen LogP contribution >= 0.6 is 15.9 Å². The zero-order chi connectivity index (χ0) is 7.56. The molecule has 1 rings (SSSR count). The first-order valence-electron chi connectivity index (χ1n) is 2.91. The monoisotopic (exact) mass is 205 g/mol. The van der Waals surface area contributed by atoms with E-state index in [-0.39, 0.29) is 0 Å². The van der Waals surface area contributed by atoms with Gasteiger partial charge in [0.05, 0.1) is 5.69 Å². The van der Waals surface area contributed by atoms with E-state index < -0.39 is 6.10 Å². The fraction of sp³-hybridized carbons (Fsp3) is 0.500. The van der Waals surface area contributed by atoms with Gasteiger partial charge in [-0.1, -0.05) is 21.1 Å². The van der Waals surface area contributed by atoms with Gasteiger partial charge in [0.15, 0.2) is 5.76 Å². The van der Waals surface area contributed by atoms with E-state index in [2.05, 4.69) is 21.1 Å². The molecule has 0 radical (unpaired) electrons. The summed E-state index contributed by atoms with van der Waals surface area (Å²) in [5, 5.41) is 13.3. The second kappa shape index (κ2) is 3.16. The molecular weight excluding hydrogens is 198 g/mol.